The highest BCUT2D eigenvalue weighted by Gasteiger charge is 2.15. The monoisotopic (exact) mass is 228 g/mol. The second-order valence-corrected chi connectivity index (χ2v) is 3.89. The summed E-state index contributed by atoms with van der Waals surface area (Å²) in [5.74, 6) is 0. The Morgan fingerprint density at radius 1 is 1.38 bits per heavy atom. The van der Waals surface area contributed by atoms with Gasteiger partial charge < -0.3 is 10.6 Å². The molecule has 2 nitrogen and oxygen atoms in total. The van der Waals surface area contributed by atoms with Gasteiger partial charge in [0.2, 0.25) is 0 Å². The molecule has 0 unspecified atom stereocenters. The Morgan fingerprint density at radius 2 is 2.06 bits per heavy atom. The normalized spacial score (nSPS) is 10.8. The molecule has 0 saturated heterocycles. The summed E-state index contributed by atoms with van der Waals surface area (Å²) >= 11 is 0. The quantitative estimate of drug-likeness (QED) is 0.782. The maximum absolute atomic E-state index is 12.8. The number of alkyl halides is 2. The van der Waals surface area contributed by atoms with Gasteiger partial charge in [-0.1, -0.05) is 13.3 Å². The molecule has 2 N–H and O–H groups in total. The van der Waals surface area contributed by atoms with Crippen molar-refractivity contribution in [2.75, 3.05) is 24.2 Å². The predicted octanol–water partition coefficient (Wildman–Crippen LogP) is 3.44. The minimum atomic E-state index is -2.48. The first-order chi connectivity index (χ1) is 7.56. The van der Waals surface area contributed by atoms with E-state index in [4.69, 9.17) is 5.73 Å². The Balaban J connectivity index is 2.93. The molecule has 0 aliphatic carbocycles. The van der Waals surface area contributed by atoms with Gasteiger partial charge in [-0.2, -0.15) is 0 Å². The van der Waals surface area contributed by atoms with Crippen molar-refractivity contribution in [1.29, 1.82) is 0 Å². The lowest BCUT2D eigenvalue weighted by molar-refractivity contribution is 0.152. The smallest absolute Gasteiger partial charge is 0.265 e. The fourth-order valence-corrected chi connectivity index (χ4v) is 1.61. The van der Waals surface area contributed by atoms with E-state index in [9.17, 15) is 8.78 Å². The Hall–Kier alpha value is -1.32. The molecule has 0 saturated carbocycles. The van der Waals surface area contributed by atoms with Gasteiger partial charge >= 0.3 is 0 Å². The minimum Gasteiger partial charge on any atom is -0.399 e. The summed E-state index contributed by atoms with van der Waals surface area (Å²) < 4.78 is 25.6. The maximum Gasteiger partial charge on any atom is 0.265 e. The number of hydrogen-bond acceptors (Lipinski definition) is 2. The summed E-state index contributed by atoms with van der Waals surface area (Å²) in [5, 5.41) is 0. The number of halogens is 2. The lowest BCUT2D eigenvalue weighted by Crippen LogP contribution is -2.20. The largest absolute Gasteiger partial charge is 0.399 e. The van der Waals surface area contributed by atoms with Gasteiger partial charge in [-0.15, -0.1) is 0 Å². The van der Waals surface area contributed by atoms with Gasteiger partial charge in [0.1, 0.15) is 0 Å². The molecule has 1 rings (SSSR count). The number of anilines is 2. The molecule has 0 aliphatic rings. The lowest BCUT2D eigenvalue weighted by Gasteiger charge is -2.22. The molecule has 4 heteroatoms. The van der Waals surface area contributed by atoms with E-state index in [0.717, 1.165) is 19.4 Å². The lowest BCUT2D eigenvalue weighted by atomic mass is 10.1. The van der Waals surface area contributed by atoms with Crippen molar-refractivity contribution < 1.29 is 8.78 Å². The minimum absolute atomic E-state index is 0.0126. The molecule has 0 fully saturated rings. The number of nitrogens with two attached hydrogens (primary N) is 1. The SMILES string of the molecule is CCCCN(C)c1ccc(N)cc1C(F)F. The van der Waals surface area contributed by atoms with E-state index in [-0.39, 0.29) is 5.56 Å². The van der Waals surface area contributed by atoms with Crippen LogP contribution in [0.25, 0.3) is 0 Å². The molecular weight excluding hydrogens is 210 g/mol. The Kier molecular flexibility index (Phi) is 4.52. The topological polar surface area (TPSA) is 29.3 Å². The van der Waals surface area contributed by atoms with Crippen molar-refractivity contribution in [3.8, 4) is 0 Å². The van der Waals surface area contributed by atoms with Gasteiger partial charge in [0.25, 0.3) is 6.43 Å². The summed E-state index contributed by atoms with van der Waals surface area (Å²) in [5.41, 5.74) is 6.47. The van der Waals surface area contributed by atoms with Crippen LogP contribution in [-0.4, -0.2) is 13.6 Å². The van der Waals surface area contributed by atoms with Crippen molar-refractivity contribution >= 4 is 11.4 Å². The zero-order chi connectivity index (χ0) is 12.1. The molecular formula is C12H18F2N2. The van der Waals surface area contributed by atoms with E-state index in [1.807, 2.05) is 11.9 Å². The third kappa shape index (κ3) is 3.08. The second-order valence-electron chi connectivity index (χ2n) is 3.89. The van der Waals surface area contributed by atoms with E-state index < -0.39 is 6.43 Å². The van der Waals surface area contributed by atoms with E-state index >= 15 is 0 Å². The standard InChI is InChI=1S/C12H18F2N2/c1-3-4-7-16(2)11-6-5-9(15)8-10(11)12(13)14/h5-6,8,12H,3-4,7,15H2,1-2H3. The molecule has 0 amide bonds. The molecule has 0 aliphatic heterocycles. The van der Waals surface area contributed by atoms with Gasteiger partial charge in [0.15, 0.2) is 0 Å². The third-order valence-electron chi connectivity index (χ3n) is 2.55. The van der Waals surface area contributed by atoms with Crippen LogP contribution in [-0.2, 0) is 0 Å². The van der Waals surface area contributed by atoms with Crippen molar-refractivity contribution in [1.82, 2.24) is 0 Å². The van der Waals surface area contributed by atoms with Crippen molar-refractivity contribution in [3.63, 3.8) is 0 Å². The van der Waals surface area contributed by atoms with Gasteiger partial charge in [-0.3, -0.25) is 0 Å². The second kappa shape index (κ2) is 5.68. The third-order valence-corrected chi connectivity index (χ3v) is 2.55. The summed E-state index contributed by atoms with van der Waals surface area (Å²) in [7, 11) is 1.83. The van der Waals surface area contributed by atoms with Crippen molar-refractivity contribution in [3.05, 3.63) is 23.8 Å². The van der Waals surface area contributed by atoms with Crippen LogP contribution in [0.15, 0.2) is 18.2 Å². The molecule has 16 heavy (non-hydrogen) atoms. The molecule has 0 heterocycles. The fraction of sp³-hybridized carbons (Fsp3) is 0.500. The first-order valence-electron chi connectivity index (χ1n) is 5.45. The van der Waals surface area contributed by atoms with Gasteiger partial charge in [-0.25, -0.2) is 8.78 Å². The van der Waals surface area contributed by atoms with Crippen LogP contribution in [0.2, 0.25) is 0 Å². The Labute approximate surface area is 95.1 Å². The van der Waals surface area contributed by atoms with Crippen LogP contribution >= 0.6 is 0 Å². The van der Waals surface area contributed by atoms with Crippen LogP contribution in [0, 0.1) is 0 Å². The van der Waals surface area contributed by atoms with Crippen molar-refractivity contribution in [2.24, 2.45) is 0 Å². The first kappa shape index (κ1) is 12.7. The number of nitrogen functional groups attached to an aromatic ring is 1. The van der Waals surface area contributed by atoms with Gasteiger partial charge in [0, 0.05) is 30.5 Å². The summed E-state index contributed by atoms with van der Waals surface area (Å²) in [6.45, 7) is 2.85. The number of unbranched alkanes of at least 4 members (excludes halogenated alkanes) is 1. The number of benzene rings is 1. The van der Waals surface area contributed by atoms with Crippen LogP contribution in [0.4, 0.5) is 20.2 Å². The maximum atomic E-state index is 12.8. The summed E-state index contributed by atoms with van der Waals surface area (Å²) in [6, 6.07) is 4.67. The molecule has 0 atom stereocenters. The summed E-state index contributed by atoms with van der Waals surface area (Å²) in [6.07, 6.45) is -0.449. The van der Waals surface area contributed by atoms with E-state index in [1.165, 1.54) is 6.07 Å². The zero-order valence-electron chi connectivity index (χ0n) is 9.71. The van der Waals surface area contributed by atoms with Crippen molar-refractivity contribution in [2.45, 2.75) is 26.2 Å². The fourth-order valence-electron chi connectivity index (χ4n) is 1.61. The average Bonchev–Trinajstić information content (AvgIpc) is 2.25. The number of hydrogen-bond donors (Lipinski definition) is 1. The molecule has 1 aromatic rings. The zero-order valence-corrected chi connectivity index (χ0v) is 9.71. The number of nitrogens with zero attached hydrogens (tertiary/aromatic N) is 1. The van der Waals surface area contributed by atoms with Crippen LogP contribution in [0.5, 0.6) is 0 Å². The van der Waals surface area contributed by atoms with E-state index in [0.29, 0.717) is 11.4 Å². The van der Waals surface area contributed by atoms with Gasteiger partial charge in [0.05, 0.1) is 0 Å². The summed E-state index contributed by atoms with van der Waals surface area (Å²) in [4.78, 5) is 1.85. The molecule has 0 aromatic heterocycles. The Bertz CT molecular complexity index is 340. The predicted molar refractivity (Wildman–Crippen MR) is 64.0 cm³/mol. The highest BCUT2D eigenvalue weighted by molar-refractivity contribution is 5.59. The Morgan fingerprint density at radius 3 is 2.62 bits per heavy atom. The first-order valence-corrected chi connectivity index (χ1v) is 5.45. The van der Waals surface area contributed by atoms with E-state index in [2.05, 4.69) is 6.92 Å². The highest BCUT2D eigenvalue weighted by Crippen LogP contribution is 2.31. The average molecular weight is 228 g/mol. The van der Waals surface area contributed by atoms with Gasteiger partial charge in [-0.05, 0) is 24.6 Å². The molecule has 1 aromatic carbocycles. The molecule has 0 spiro atoms. The highest BCUT2D eigenvalue weighted by atomic mass is 19.3. The van der Waals surface area contributed by atoms with Crippen LogP contribution in [0.1, 0.15) is 31.8 Å². The molecule has 0 radical (unpaired) electrons. The number of rotatable bonds is 5. The van der Waals surface area contributed by atoms with E-state index in [1.54, 1.807) is 12.1 Å². The van der Waals surface area contributed by atoms with Crippen LogP contribution < -0.4 is 10.6 Å². The molecule has 0 bridgehead atoms. The van der Waals surface area contributed by atoms with Crippen LogP contribution in [0.3, 0.4) is 0 Å². The molecule has 90 valence electrons.